The zero-order valence-corrected chi connectivity index (χ0v) is 18.2. The minimum absolute atomic E-state index is 0.00125. The second-order valence-corrected chi connectivity index (χ2v) is 8.81. The number of hydrogen-bond donors (Lipinski definition) is 2. The van der Waals surface area contributed by atoms with Crippen molar-refractivity contribution >= 4 is 28.7 Å². The zero-order valence-electron chi connectivity index (χ0n) is 17.4. The average molecular weight is 449 g/mol. The lowest BCUT2D eigenvalue weighted by atomic mass is 10.1. The molecule has 0 saturated heterocycles. The van der Waals surface area contributed by atoms with Crippen molar-refractivity contribution in [1.29, 1.82) is 0 Å². The first-order chi connectivity index (χ1) is 15.5. The molecule has 1 aliphatic carbocycles. The van der Waals surface area contributed by atoms with E-state index in [4.69, 9.17) is 0 Å². The van der Waals surface area contributed by atoms with Gasteiger partial charge in [0.05, 0.1) is 23.0 Å². The van der Waals surface area contributed by atoms with Crippen molar-refractivity contribution in [1.82, 2.24) is 19.9 Å². The number of nitrogens with zero attached hydrogens (tertiary/aromatic N) is 2. The highest BCUT2D eigenvalue weighted by atomic mass is 32.2. The Kier molecular flexibility index (Phi) is 5.30. The van der Waals surface area contributed by atoms with Gasteiger partial charge in [-0.05, 0) is 61.2 Å². The summed E-state index contributed by atoms with van der Waals surface area (Å²) < 4.78 is 14.9. The summed E-state index contributed by atoms with van der Waals surface area (Å²) in [5.74, 6) is -0.403. The molecule has 32 heavy (non-hydrogen) atoms. The molecule has 6 nitrogen and oxygen atoms in total. The SMILES string of the molecule is Cc1cc2nc(SCC(=O)NC3CCc4ccccc43)n(-c3ccc(F)cc3)c(=O)c2[nH]1. The lowest BCUT2D eigenvalue weighted by molar-refractivity contribution is -0.119. The molecule has 162 valence electrons. The Morgan fingerprint density at radius 3 is 2.84 bits per heavy atom. The number of aryl methyl sites for hydroxylation is 2. The van der Waals surface area contributed by atoms with Gasteiger partial charge in [-0.15, -0.1) is 0 Å². The number of hydrogen-bond acceptors (Lipinski definition) is 4. The average Bonchev–Trinajstić information content (AvgIpc) is 3.36. The number of aromatic amines is 1. The van der Waals surface area contributed by atoms with Gasteiger partial charge in [0.15, 0.2) is 5.16 Å². The molecule has 0 saturated carbocycles. The highest BCUT2D eigenvalue weighted by molar-refractivity contribution is 7.99. The van der Waals surface area contributed by atoms with Gasteiger partial charge in [-0.25, -0.2) is 9.37 Å². The molecule has 0 fully saturated rings. The molecule has 0 spiro atoms. The topological polar surface area (TPSA) is 79.8 Å². The second-order valence-electron chi connectivity index (χ2n) is 7.87. The summed E-state index contributed by atoms with van der Waals surface area (Å²) in [6, 6.07) is 15.6. The Labute approximate surface area is 187 Å². The fourth-order valence-electron chi connectivity index (χ4n) is 4.17. The fraction of sp³-hybridized carbons (Fsp3) is 0.208. The number of halogens is 1. The monoisotopic (exact) mass is 448 g/mol. The normalized spacial score (nSPS) is 15.1. The Morgan fingerprint density at radius 2 is 2.03 bits per heavy atom. The van der Waals surface area contributed by atoms with Gasteiger partial charge < -0.3 is 10.3 Å². The number of carbonyl (C=O) groups is 1. The van der Waals surface area contributed by atoms with E-state index in [9.17, 15) is 14.0 Å². The van der Waals surface area contributed by atoms with Gasteiger partial charge in [0, 0.05) is 5.69 Å². The molecule has 2 aromatic carbocycles. The molecule has 2 heterocycles. The predicted molar refractivity (Wildman–Crippen MR) is 123 cm³/mol. The lowest BCUT2D eigenvalue weighted by Crippen LogP contribution is -2.29. The van der Waals surface area contributed by atoms with Gasteiger partial charge in [0.1, 0.15) is 11.3 Å². The van der Waals surface area contributed by atoms with E-state index in [2.05, 4.69) is 27.4 Å². The number of benzene rings is 2. The van der Waals surface area contributed by atoms with Gasteiger partial charge in [-0.2, -0.15) is 0 Å². The van der Waals surface area contributed by atoms with Crippen molar-refractivity contribution in [3.05, 3.63) is 87.6 Å². The van der Waals surface area contributed by atoms with Crippen LogP contribution in [0, 0.1) is 12.7 Å². The van der Waals surface area contributed by atoms with Crippen LogP contribution in [-0.4, -0.2) is 26.2 Å². The van der Waals surface area contributed by atoms with Crippen molar-refractivity contribution in [2.45, 2.75) is 31.0 Å². The summed E-state index contributed by atoms with van der Waals surface area (Å²) in [5.41, 5.74) is 4.37. The summed E-state index contributed by atoms with van der Waals surface area (Å²) in [5, 5.41) is 3.48. The molecule has 8 heteroatoms. The van der Waals surface area contributed by atoms with Crippen LogP contribution in [0.3, 0.4) is 0 Å². The first kappa shape index (κ1) is 20.5. The molecule has 1 atom stereocenters. The maximum absolute atomic E-state index is 13.4. The van der Waals surface area contributed by atoms with Gasteiger partial charge in [-0.1, -0.05) is 36.0 Å². The highest BCUT2D eigenvalue weighted by Crippen LogP contribution is 2.31. The third-order valence-electron chi connectivity index (χ3n) is 5.64. The Hall–Kier alpha value is -3.39. The summed E-state index contributed by atoms with van der Waals surface area (Å²) >= 11 is 1.19. The first-order valence-electron chi connectivity index (χ1n) is 10.4. The van der Waals surface area contributed by atoms with E-state index in [1.54, 1.807) is 6.07 Å². The number of rotatable bonds is 5. The predicted octanol–water partition coefficient (Wildman–Crippen LogP) is 4.06. The molecular weight excluding hydrogens is 427 g/mol. The number of thioether (sulfide) groups is 1. The largest absolute Gasteiger partial charge is 0.353 e. The van der Waals surface area contributed by atoms with Gasteiger partial charge >= 0.3 is 0 Å². The Morgan fingerprint density at radius 1 is 1.25 bits per heavy atom. The van der Waals surface area contributed by atoms with Crippen molar-refractivity contribution in [3.8, 4) is 5.69 Å². The molecule has 1 amide bonds. The van der Waals surface area contributed by atoms with Crippen LogP contribution in [0.2, 0.25) is 0 Å². The van der Waals surface area contributed by atoms with Crippen molar-refractivity contribution < 1.29 is 9.18 Å². The molecule has 4 aromatic rings. The minimum Gasteiger partial charge on any atom is -0.353 e. The molecule has 2 N–H and O–H groups in total. The number of amides is 1. The van der Waals surface area contributed by atoms with Crippen LogP contribution in [-0.2, 0) is 11.2 Å². The Balaban J connectivity index is 1.42. The van der Waals surface area contributed by atoms with E-state index in [0.717, 1.165) is 24.1 Å². The Bertz CT molecular complexity index is 1380. The molecule has 1 aliphatic rings. The number of nitrogens with one attached hydrogen (secondary N) is 2. The van der Waals surface area contributed by atoms with Crippen LogP contribution in [0.5, 0.6) is 0 Å². The van der Waals surface area contributed by atoms with Crippen LogP contribution in [0.1, 0.15) is 29.3 Å². The van der Waals surface area contributed by atoms with Crippen LogP contribution in [0.25, 0.3) is 16.7 Å². The molecule has 0 aliphatic heterocycles. The fourth-order valence-corrected chi connectivity index (χ4v) is 4.99. The second kappa shape index (κ2) is 8.27. The van der Waals surface area contributed by atoms with E-state index in [1.807, 2.05) is 19.1 Å². The highest BCUT2D eigenvalue weighted by Gasteiger charge is 2.24. The quantitative estimate of drug-likeness (QED) is 0.357. The van der Waals surface area contributed by atoms with E-state index >= 15 is 0 Å². The van der Waals surface area contributed by atoms with E-state index < -0.39 is 5.82 Å². The van der Waals surface area contributed by atoms with Crippen molar-refractivity contribution in [2.75, 3.05) is 5.75 Å². The van der Waals surface area contributed by atoms with E-state index in [-0.39, 0.29) is 23.3 Å². The third kappa shape index (κ3) is 3.82. The third-order valence-corrected chi connectivity index (χ3v) is 6.58. The summed E-state index contributed by atoms with van der Waals surface area (Å²) in [6.45, 7) is 1.85. The van der Waals surface area contributed by atoms with Gasteiger partial charge in [-0.3, -0.25) is 14.2 Å². The number of H-pyrrole nitrogens is 1. The lowest BCUT2D eigenvalue weighted by Gasteiger charge is -2.15. The first-order valence-corrected chi connectivity index (χ1v) is 11.4. The molecule has 0 radical (unpaired) electrons. The van der Waals surface area contributed by atoms with Crippen LogP contribution in [0.15, 0.2) is 64.5 Å². The summed E-state index contributed by atoms with van der Waals surface area (Å²) in [7, 11) is 0. The zero-order chi connectivity index (χ0) is 22.2. The molecular formula is C24H21FN4O2S. The summed E-state index contributed by atoms with van der Waals surface area (Å²) in [4.78, 5) is 33.6. The number of carbonyl (C=O) groups excluding carboxylic acids is 1. The number of fused-ring (bicyclic) bond motifs is 2. The minimum atomic E-state index is -0.392. The van der Waals surface area contributed by atoms with Crippen molar-refractivity contribution in [2.24, 2.45) is 0 Å². The van der Waals surface area contributed by atoms with E-state index in [1.165, 1.54) is 46.2 Å². The molecule has 0 bridgehead atoms. The van der Waals surface area contributed by atoms with Gasteiger partial charge in [0.25, 0.3) is 5.56 Å². The maximum Gasteiger partial charge on any atom is 0.283 e. The smallest absolute Gasteiger partial charge is 0.283 e. The molecule has 2 aromatic heterocycles. The van der Waals surface area contributed by atoms with Gasteiger partial charge in [0.2, 0.25) is 5.91 Å². The standard InChI is InChI=1S/C24H21FN4O2S/c1-14-12-20-22(26-14)23(31)29(17-9-7-16(25)8-10-17)24(28-20)32-13-21(30)27-19-11-6-15-4-2-3-5-18(15)19/h2-5,7-10,12,19,26H,6,11,13H2,1H3,(H,27,30). The number of aromatic nitrogens is 3. The van der Waals surface area contributed by atoms with Crippen LogP contribution in [0.4, 0.5) is 4.39 Å². The maximum atomic E-state index is 13.4. The van der Waals surface area contributed by atoms with E-state index in [0.29, 0.717) is 21.9 Å². The van der Waals surface area contributed by atoms with Crippen molar-refractivity contribution in [3.63, 3.8) is 0 Å². The molecule has 1 unspecified atom stereocenters. The van der Waals surface area contributed by atoms with Crippen LogP contribution < -0.4 is 10.9 Å². The van der Waals surface area contributed by atoms with Crippen LogP contribution >= 0.6 is 11.8 Å². The molecule has 5 rings (SSSR count). The summed E-state index contributed by atoms with van der Waals surface area (Å²) in [6.07, 6.45) is 1.83.